The first-order valence-electron chi connectivity index (χ1n) is 8.70. The Hall–Kier alpha value is -0.780. The van der Waals surface area contributed by atoms with Crippen LogP contribution in [0.4, 0.5) is 13.2 Å². The number of ether oxygens (including phenoxy) is 1. The molecule has 0 bridgehead atoms. The zero-order valence-corrected chi connectivity index (χ0v) is 18.0. The number of piperazine rings is 1. The van der Waals surface area contributed by atoms with E-state index in [2.05, 4.69) is 15.0 Å². The van der Waals surface area contributed by atoms with Crippen molar-refractivity contribution in [1.29, 1.82) is 0 Å². The molecule has 1 fully saturated rings. The van der Waals surface area contributed by atoms with Gasteiger partial charge in [-0.05, 0) is 26.7 Å². The number of rotatable bonds is 7. The van der Waals surface area contributed by atoms with Crippen LogP contribution in [0.15, 0.2) is 4.99 Å². The third-order valence-corrected chi connectivity index (χ3v) is 4.25. The number of hydrogen-bond acceptors (Lipinski definition) is 4. The van der Waals surface area contributed by atoms with Gasteiger partial charge in [0.2, 0.25) is 0 Å². The number of guanidine groups is 1. The highest BCUT2D eigenvalue weighted by Gasteiger charge is 2.41. The number of nitrogens with one attached hydrogen (secondary N) is 1. The number of carbonyl (C=O) groups excluding carboxylic acids is 1. The number of unbranched alkanes of at least 4 members (excludes halogenated alkanes) is 1. The molecule has 0 saturated carbocycles. The first-order chi connectivity index (χ1) is 11.8. The van der Waals surface area contributed by atoms with Crippen LogP contribution in [0.2, 0.25) is 0 Å². The molecule has 1 saturated heterocycles. The molecule has 0 spiro atoms. The van der Waals surface area contributed by atoms with E-state index in [1.54, 1.807) is 0 Å². The van der Waals surface area contributed by atoms with Crippen molar-refractivity contribution in [3.05, 3.63) is 0 Å². The molecule has 1 aliphatic rings. The fraction of sp³-hybridized carbons (Fsp3) is 0.875. The van der Waals surface area contributed by atoms with Gasteiger partial charge in [0, 0.05) is 45.7 Å². The lowest BCUT2D eigenvalue weighted by Crippen LogP contribution is -2.56. The third-order valence-electron chi connectivity index (χ3n) is 4.25. The summed E-state index contributed by atoms with van der Waals surface area (Å²) >= 11 is 0. The number of nitrogens with zero attached hydrogens (tertiary/aromatic N) is 3. The van der Waals surface area contributed by atoms with Gasteiger partial charge in [0.25, 0.3) is 0 Å². The molecular weight excluding hydrogens is 464 g/mol. The van der Waals surface area contributed by atoms with Crippen LogP contribution in [-0.4, -0.2) is 80.3 Å². The van der Waals surface area contributed by atoms with E-state index in [1.807, 2.05) is 11.8 Å². The molecular formula is C16H30F3IN4O2. The van der Waals surface area contributed by atoms with E-state index < -0.39 is 12.2 Å². The summed E-state index contributed by atoms with van der Waals surface area (Å²) in [6.45, 7) is 6.15. The highest BCUT2D eigenvalue weighted by atomic mass is 127. The van der Waals surface area contributed by atoms with Crippen LogP contribution in [0.5, 0.6) is 0 Å². The van der Waals surface area contributed by atoms with Crippen LogP contribution in [0.1, 0.15) is 33.1 Å². The summed E-state index contributed by atoms with van der Waals surface area (Å²) in [7, 11) is 1.36. The van der Waals surface area contributed by atoms with Crippen molar-refractivity contribution in [3.8, 4) is 0 Å². The number of hydrogen-bond donors (Lipinski definition) is 1. The van der Waals surface area contributed by atoms with E-state index in [9.17, 15) is 18.0 Å². The van der Waals surface area contributed by atoms with Crippen LogP contribution in [0, 0.1) is 0 Å². The molecule has 0 radical (unpaired) electrons. The van der Waals surface area contributed by atoms with E-state index in [0.29, 0.717) is 52.1 Å². The Morgan fingerprint density at radius 1 is 1.23 bits per heavy atom. The number of carbonyl (C=O) groups is 1. The molecule has 0 amide bonds. The molecule has 0 aliphatic carbocycles. The van der Waals surface area contributed by atoms with Gasteiger partial charge in [-0.25, -0.2) is 0 Å². The molecule has 0 aromatic heterocycles. The molecule has 154 valence electrons. The lowest BCUT2D eigenvalue weighted by atomic mass is 10.2. The van der Waals surface area contributed by atoms with Gasteiger partial charge in [0.15, 0.2) is 5.96 Å². The number of halogens is 4. The quantitative estimate of drug-likeness (QED) is 0.194. The van der Waals surface area contributed by atoms with Crippen molar-refractivity contribution in [3.63, 3.8) is 0 Å². The second-order valence-corrected chi connectivity index (χ2v) is 6.01. The fourth-order valence-electron chi connectivity index (χ4n) is 2.62. The predicted octanol–water partition coefficient (Wildman–Crippen LogP) is 2.48. The normalized spacial score (nSPS) is 17.5. The van der Waals surface area contributed by atoms with Gasteiger partial charge in [-0.15, -0.1) is 24.0 Å². The summed E-state index contributed by atoms with van der Waals surface area (Å²) in [5.74, 6) is 0.491. The van der Waals surface area contributed by atoms with Gasteiger partial charge < -0.3 is 15.0 Å². The van der Waals surface area contributed by atoms with Crippen molar-refractivity contribution in [2.45, 2.75) is 45.3 Å². The molecule has 26 heavy (non-hydrogen) atoms. The highest BCUT2D eigenvalue weighted by Crippen LogP contribution is 2.25. The average molecular weight is 494 g/mol. The second-order valence-electron chi connectivity index (χ2n) is 6.01. The maximum Gasteiger partial charge on any atom is 0.403 e. The van der Waals surface area contributed by atoms with Gasteiger partial charge in [0.05, 0.1) is 7.11 Å². The molecule has 1 N–H and O–H groups in total. The lowest BCUT2D eigenvalue weighted by Gasteiger charge is -2.39. The molecule has 10 heteroatoms. The summed E-state index contributed by atoms with van der Waals surface area (Å²) < 4.78 is 43.0. The van der Waals surface area contributed by atoms with E-state index in [1.165, 1.54) is 18.9 Å². The Morgan fingerprint density at radius 3 is 2.35 bits per heavy atom. The van der Waals surface area contributed by atoms with Crippen molar-refractivity contribution < 1.29 is 22.7 Å². The molecule has 0 aromatic rings. The van der Waals surface area contributed by atoms with Crippen molar-refractivity contribution in [2.75, 3.05) is 46.4 Å². The van der Waals surface area contributed by atoms with E-state index in [0.717, 1.165) is 12.4 Å². The number of aliphatic imine (C=N–C) groups is 1. The minimum Gasteiger partial charge on any atom is -0.469 e. The molecule has 6 nitrogen and oxygen atoms in total. The van der Waals surface area contributed by atoms with Crippen LogP contribution in [0.3, 0.4) is 0 Å². The zero-order chi connectivity index (χ0) is 18.9. The number of alkyl halides is 3. The predicted molar refractivity (Wildman–Crippen MR) is 106 cm³/mol. The first-order valence-corrected chi connectivity index (χ1v) is 8.70. The summed E-state index contributed by atoms with van der Waals surface area (Å²) in [5, 5.41) is 3.18. The molecule has 1 aliphatic heterocycles. The Bertz CT molecular complexity index is 442. The Kier molecular flexibility index (Phi) is 12.2. The summed E-state index contributed by atoms with van der Waals surface area (Å²) in [5.41, 5.74) is 0. The van der Waals surface area contributed by atoms with Crippen LogP contribution in [-0.2, 0) is 9.53 Å². The third kappa shape index (κ3) is 8.74. The monoisotopic (exact) mass is 494 g/mol. The summed E-state index contributed by atoms with van der Waals surface area (Å²) in [4.78, 5) is 19.0. The second kappa shape index (κ2) is 12.6. The lowest BCUT2D eigenvalue weighted by molar-refractivity contribution is -0.181. The minimum absolute atomic E-state index is 0. The highest BCUT2D eigenvalue weighted by molar-refractivity contribution is 14.0. The SMILES string of the molecule is CCNC(=NCCCCC(=O)OC)N1CCN(C(C)C(F)(F)F)CC1.I. The van der Waals surface area contributed by atoms with E-state index >= 15 is 0 Å². The Labute approximate surface area is 170 Å². The topological polar surface area (TPSA) is 57.2 Å². The van der Waals surface area contributed by atoms with Gasteiger partial charge >= 0.3 is 12.1 Å². The first kappa shape index (κ1) is 25.2. The smallest absolute Gasteiger partial charge is 0.403 e. The van der Waals surface area contributed by atoms with Gasteiger partial charge in [0.1, 0.15) is 6.04 Å². The van der Waals surface area contributed by atoms with E-state index in [-0.39, 0.29) is 29.9 Å². The average Bonchev–Trinajstić information content (AvgIpc) is 2.59. The summed E-state index contributed by atoms with van der Waals surface area (Å²) in [6, 6.07) is -1.42. The standard InChI is InChI=1S/C16H29F3N4O2.HI/c1-4-20-15(21-8-6-5-7-14(24)25-3)23-11-9-22(10-12-23)13(2)16(17,18)19;/h13H,4-12H2,1-3H3,(H,20,21);1H. The largest absolute Gasteiger partial charge is 0.469 e. The maximum atomic E-state index is 12.8. The zero-order valence-electron chi connectivity index (χ0n) is 15.6. The van der Waals surface area contributed by atoms with Gasteiger partial charge in [-0.2, -0.15) is 13.2 Å². The number of esters is 1. The maximum absolute atomic E-state index is 12.8. The molecule has 1 unspecified atom stereocenters. The molecule has 1 heterocycles. The molecule has 1 rings (SSSR count). The number of methoxy groups -OCH3 is 1. The fourth-order valence-corrected chi connectivity index (χ4v) is 2.62. The van der Waals surface area contributed by atoms with Gasteiger partial charge in [-0.1, -0.05) is 0 Å². The van der Waals surface area contributed by atoms with Crippen molar-refractivity contribution >= 4 is 35.9 Å². The van der Waals surface area contributed by atoms with Crippen LogP contribution < -0.4 is 5.32 Å². The van der Waals surface area contributed by atoms with Crippen LogP contribution in [0.25, 0.3) is 0 Å². The minimum atomic E-state index is -4.19. The Balaban J connectivity index is 0.00000625. The van der Waals surface area contributed by atoms with Crippen molar-refractivity contribution in [2.24, 2.45) is 4.99 Å². The summed E-state index contributed by atoms with van der Waals surface area (Å²) in [6.07, 6.45) is -2.36. The molecule has 0 aromatic carbocycles. The van der Waals surface area contributed by atoms with Crippen molar-refractivity contribution in [1.82, 2.24) is 15.1 Å². The van der Waals surface area contributed by atoms with Crippen LogP contribution >= 0.6 is 24.0 Å². The van der Waals surface area contributed by atoms with Gasteiger partial charge in [-0.3, -0.25) is 14.7 Å². The molecule has 1 atom stereocenters. The van der Waals surface area contributed by atoms with E-state index in [4.69, 9.17) is 0 Å². The Morgan fingerprint density at radius 2 is 1.85 bits per heavy atom.